The first kappa shape index (κ1) is 62.1. The zero-order chi connectivity index (χ0) is 56.7. The molecular weight excluding hydrogens is 1030 g/mol. The summed E-state index contributed by atoms with van der Waals surface area (Å²) in [6, 6.07) is -0.556. The Kier molecular flexibility index (Phi) is 20.7. The van der Waals surface area contributed by atoms with Gasteiger partial charge in [0.2, 0.25) is 10.0 Å². The first-order valence-corrected chi connectivity index (χ1v) is 26.7. The molecule has 13 atom stereocenters. The van der Waals surface area contributed by atoms with E-state index in [1.54, 1.807) is 62.3 Å². The van der Waals surface area contributed by atoms with Crippen molar-refractivity contribution in [3.63, 3.8) is 0 Å². The van der Waals surface area contributed by atoms with E-state index in [4.69, 9.17) is 42.6 Å². The number of hydrogen-bond acceptors (Lipinski definition) is 20. The Labute approximate surface area is 442 Å². The number of nitrogens with one attached hydrogen (secondary N) is 3. The molecule has 0 spiro atoms. The summed E-state index contributed by atoms with van der Waals surface area (Å²) in [4.78, 5) is 64.3. The molecule has 1 aliphatic carbocycles. The molecule has 1 unspecified atom stereocenters. The lowest BCUT2D eigenvalue weighted by Gasteiger charge is -2.50. The predicted octanol–water partition coefficient (Wildman–Crippen LogP) is 3.30. The van der Waals surface area contributed by atoms with Crippen LogP contribution >= 0.6 is 0 Å². The van der Waals surface area contributed by atoms with Crippen molar-refractivity contribution in [3.8, 4) is 0 Å². The van der Waals surface area contributed by atoms with Crippen LogP contribution in [-0.2, 0) is 52.7 Å². The number of carbonyl (C=O) groups is 4. The van der Waals surface area contributed by atoms with Gasteiger partial charge in [-0.15, -0.1) is 0 Å². The summed E-state index contributed by atoms with van der Waals surface area (Å²) in [6.45, 7) is 14.8. The smallest absolute Gasteiger partial charge is 0.410 e. The van der Waals surface area contributed by atoms with Gasteiger partial charge in [-0.3, -0.25) is 10.1 Å². The lowest BCUT2D eigenvalue weighted by Crippen LogP contribution is -2.70. The molecule has 3 aliphatic heterocycles. The van der Waals surface area contributed by atoms with Gasteiger partial charge in [-0.2, -0.15) is 4.31 Å². The van der Waals surface area contributed by atoms with Gasteiger partial charge < -0.3 is 83.9 Å². The quantitative estimate of drug-likeness (QED) is 0.0668. The second-order valence-corrected chi connectivity index (χ2v) is 24.4. The Balaban J connectivity index is 1.53. The van der Waals surface area contributed by atoms with Crippen LogP contribution in [0.5, 0.6) is 0 Å². The lowest BCUT2D eigenvalue weighted by molar-refractivity contribution is -0.387. The molecule has 1 aromatic carbocycles. The number of rotatable bonds is 17. The second-order valence-electron chi connectivity index (χ2n) is 22.5. The van der Waals surface area contributed by atoms with Crippen molar-refractivity contribution in [2.45, 2.75) is 209 Å². The van der Waals surface area contributed by atoms with Crippen LogP contribution < -0.4 is 16.0 Å². The van der Waals surface area contributed by atoms with E-state index in [1.165, 1.54) is 26.1 Å². The minimum absolute atomic E-state index is 0.00501. The van der Waals surface area contributed by atoms with E-state index < -0.39 is 165 Å². The molecule has 3 heterocycles. The average Bonchev–Trinajstić information content (AvgIpc) is 3.28. The normalized spacial score (nSPS) is 30.6. The predicted molar refractivity (Wildman–Crippen MR) is 265 cm³/mol. The van der Waals surface area contributed by atoms with E-state index in [0.29, 0.717) is 13.0 Å². The summed E-state index contributed by atoms with van der Waals surface area (Å²) < 4.78 is 83.3. The van der Waals surface area contributed by atoms with Crippen LogP contribution in [0.15, 0.2) is 29.2 Å². The van der Waals surface area contributed by atoms with Crippen molar-refractivity contribution in [1.29, 1.82) is 0 Å². The van der Waals surface area contributed by atoms with Crippen molar-refractivity contribution >= 4 is 40.1 Å². The third-order valence-electron chi connectivity index (χ3n) is 12.5. The Hall–Kier alpha value is -4.75. The molecule has 5 rings (SSSR count). The van der Waals surface area contributed by atoms with Crippen molar-refractivity contribution < 1.29 is 95.6 Å². The Morgan fingerprint density at radius 2 is 1.39 bits per heavy atom. The molecule has 28 heteroatoms. The largest absolute Gasteiger partial charge is 0.465 e. The van der Waals surface area contributed by atoms with Crippen LogP contribution in [0.3, 0.4) is 0 Å². The number of benzene rings is 1. The molecule has 4 amide bonds. The molecule has 0 bridgehead atoms. The monoisotopic (exact) mass is 1110 g/mol. The summed E-state index contributed by atoms with van der Waals surface area (Å²) in [7, 11) is -3.41. The highest BCUT2D eigenvalue weighted by Crippen LogP contribution is 2.36. The molecule has 3 saturated heterocycles. The number of hydrogen-bond donors (Lipinski definition) is 7. The number of sulfonamides is 1. The number of alkyl carbamates (subject to hydrolysis) is 2. The highest BCUT2D eigenvalue weighted by Gasteiger charge is 2.55. The molecule has 76 heavy (non-hydrogen) atoms. The van der Waals surface area contributed by atoms with Gasteiger partial charge in [0.05, 0.1) is 48.4 Å². The minimum Gasteiger partial charge on any atom is -0.465 e. The second kappa shape index (κ2) is 25.4. The van der Waals surface area contributed by atoms with Gasteiger partial charge in [-0.25, -0.2) is 27.6 Å². The van der Waals surface area contributed by atoms with Gasteiger partial charge in [-0.1, -0.05) is 12.1 Å². The topological polar surface area (TPSA) is 352 Å². The standard InChI is InChI=1S/C48H78N6O21S/c1-45(2,3)73-42(59)50-28-20-19-27(25-53(21-23-68-33-18-14-15-22-67-33)76(65,66)32-17-13-12-16-31(32)54(63)64)70-39(28)71-37-30(51-43(60)74-46(4,5)6)24-29(49-41(57)58)36(34(37)55)72-40-35(56)38(48(10,62)26-69-40)52(11)44(61)75-47(7,8)9/h12-13,16-17,27-30,33-40,49,55-56,62H,14-15,18-26H2,1-11H3,(H,50,59)(H,51,60)(H,57,58)/t27-,28+,29+,30-,33?,34+,35+,36-,37+,38+,39+,40+,48-/m0/s1. The van der Waals surface area contributed by atoms with Gasteiger partial charge >= 0.3 is 24.4 Å². The maximum atomic E-state index is 14.5. The fraction of sp³-hybridized carbons (Fsp3) is 0.792. The van der Waals surface area contributed by atoms with Crippen molar-refractivity contribution in [1.82, 2.24) is 25.2 Å². The van der Waals surface area contributed by atoms with Crippen molar-refractivity contribution in [2.75, 3.05) is 40.0 Å². The summed E-state index contributed by atoms with van der Waals surface area (Å²) in [5.41, 5.74) is -5.61. The number of nitrogens with zero attached hydrogens (tertiary/aromatic N) is 3. The van der Waals surface area contributed by atoms with Crippen molar-refractivity contribution in [2.24, 2.45) is 0 Å². The van der Waals surface area contributed by atoms with E-state index >= 15 is 0 Å². The number of likely N-dealkylation sites (N-methyl/N-ethyl adjacent to an activating group) is 1. The molecule has 7 N–H and O–H groups in total. The Morgan fingerprint density at radius 1 is 0.816 bits per heavy atom. The van der Waals surface area contributed by atoms with E-state index in [2.05, 4.69) is 16.0 Å². The maximum absolute atomic E-state index is 14.5. The fourth-order valence-electron chi connectivity index (χ4n) is 9.27. The molecule has 0 aromatic heterocycles. The molecule has 432 valence electrons. The van der Waals surface area contributed by atoms with Crippen LogP contribution in [0.4, 0.5) is 24.9 Å². The van der Waals surface area contributed by atoms with Crippen LogP contribution in [0.1, 0.15) is 108 Å². The SMILES string of the molecule is CN(C(=O)OC(C)(C)C)[C@@H]1[C@@H](O)[C@@H](O[C@@H]2[C@@H](O)[C@H](O[C@H]3O[C@H](CN(CCOC4CCCCO4)S(=O)(=O)c4ccccc4[N+](=O)[O-])CC[C@H]3NC(=O)OC(C)(C)C)[C@@H](NC(=O)OC(C)(C)C)C[C@H]2NC(=O)O)OC[C@]1(C)O. The highest BCUT2D eigenvalue weighted by atomic mass is 32.2. The molecule has 4 fully saturated rings. The zero-order valence-electron chi connectivity index (χ0n) is 45.0. The first-order valence-electron chi connectivity index (χ1n) is 25.2. The van der Waals surface area contributed by atoms with Gasteiger partial charge in [0.25, 0.3) is 5.69 Å². The lowest BCUT2D eigenvalue weighted by atomic mass is 9.83. The van der Waals surface area contributed by atoms with Crippen LogP contribution in [0.25, 0.3) is 0 Å². The van der Waals surface area contributed by atoms with Crippen LogP contribution in [0, 0.1) is 10.1 Å². The molecule has 1 aromatic rings. The van der Waals surface area contributed by atoms with E-state index in [0.717, 1.165) is 34.2 Å². The molecule has 27 nitrogen and oxygen atoms in total. The van der Waals surface area contributed by atoms with Gasteiger partial charge in [0, 0.05) is 32.8 Å². The number of aliphatic hydroxyl groups is 3. The van der Waals surface area contributed by atoms with Crippen LogP contribution in [-0.4, -0.2) is 203 Å². The Bertz CT molecular complexity index is 2270. The number of aliphatic hydroxyl groups excluding tert-OH is 2. The number of nitro benzene ring substituents is 1. The average molecular weight is 1110 g/mol. The van der Waals surface area contributed by atoms with E-state index in [1.807, 2.05) is 0 Å². The van der Waals surface area contributed by atoms with Gasteiger partial charge in [-0.05, 0) is 114 Å². The number of para-hydroxylation sites is 1. The van der Waals surface area contributed by atoms with Gasteiger partial charge in [0.15, 0.2) is 23.8 Å². The Morgan fingerprint density at radius 3 is 1.96 bits per heavy atom. The summed E-state index contributed by atoms with van der Waals surface area (Å²) in [6.07, 6.45) is -15.0. The number of carbonyl (C=O) groups excluding carboxylic acids is 3. The summed E-state index contributed by atoms with van der Waals surface area (Å²) in [5, 5.41) is 65.6. The third-order valence-corrected chi connectivity index (χ3v) is 14.4. The number of nitro groups is 1. The number of carboxylic acid groups (broad SMARTS) is 1. The van der Waals surface area contributed by atoms with Gasteiger partial charge in [0.1, 0.15) is 46.8 Å². The molecule has 1 saturated carbocycles. The first-order chi connectivity index (χ1) is 35.2. The molecule has 0 radical (unpaired) electrons. The summed E-state index contributed by atoms with van der Waals surface area (Å²) in [5.74, 6) is 0. The van der Waals surface area contributed by atoms with Crippen LogP contribution in [0.2, 0.25) is 0 Å². The highest BCUT2D eigenvalue weighted by molar-refractivity contribution is 7.89. The minimum atomic E-state index is -4.68. The number of amides is 4. The van der Waals surface area contributed by atoms with Crippen molar-refractivity contribution in [3.05, 3.63) is 34.4 Å². The molecular formula is C48H78N6O21S. The van der Waals surface area contributed by atoms with E-state index in [9.17, 15) is 58.1 Å². The summed E-state index contributed by atoms with van der Waals surface area (Å²) >= 11 is 0. The fourth-order valence-corrected chi connectivity index (χ4v) is 10.9. The zero-order valence-corrected chi connectivity index (χ0v) is 45.8. The molecule has 4 aliphatic rings. The third kappa shape index (κ3) is 17.4. The van der Waals surface area contributed by atoms with E-state index in [-0.39, 0.29) is 26.0 Å². The number of ether oxygens (including phenoxy) is 9. The maximum Gasteiger partial charge on any atom is 0.410 e.